The number of rotatable bonds is 3. The van der Waals surface area contributed by atoms with Gasteiger partial charge in [-0.1, -0.05) is 17.9 Å². The van der Waals surface area contributed by atoms with E-state index in [9.17, 15) is 14.4 Å². The second-order valence-electron chi connectivity index (χ2n) is 6.74. The van der Waals surface area contributed by atoms with Gasteiger partial charge in [0.1, 0.15) is 12.6 Å². The minimum atomic E-state index is -0.698. The molecule has 27 heavy (non-hydrogen) atoms. The Bertz CT molecular complexity index is 1040. The largest absolute Gasteiger partial charge is 0.363 e. The lowest BCUT2D eigenvalue weighted by atomic mass is 10.1. The standard InChI is InChI=1S/C19H20N4O4/c1-22-17-12(5-3-9-27-13-10-20-11-13)4-2-6-14(17)23(19(22)26)15-7-8-16(24)21-18(15)25/h2,4,6,13,15,20H,7-11H2,1H3,(H,21,24,25). The Balaban J connectivity index is 1.69. The van der Waals surface area contributed by atoms with Gasteiger partial charge in [-0.15, -0.1) is 0 Å². The van der Waals surface area contributed by atoms with E-state index < -0.39 is 11.9 Å². The number of hydrogen-bond acceptors (Lipinski definition) is 5. The molecule has 1 unspecified atom stereocenters. The molecule has 2 N–H and O–H groups in total. The average molecular weight is 368 g/mol. The first-order valence-corrected chi connectivity index (χ1v) is 8.91. The van der Waals surface area contributed by atoms with E-state index >= 15 is 0 Å². The molecule has 2 aliphatic heterocycles. The Morgan fingerprint density at radius 3 is 2.78 bits per heavy atom. The van der Waals surface area contributed by atoms with E-state index in [1.165, 1.54) is 9.13 Å². The number of nitrogens with zero attached hydrogens (tertiary/aromatic N) is 2. The second-order valence-corrected chi connectivity index (χ2v) is 6.74. The van der Waals surface area contributed by atoms with E-state index in [0.29, 0.717) is 29.6 Å². The normalized spacial score (nSPS) is 20.1. The maximum absolute atomic E-state index is 12.8. The van der Waals surface area contributed by atoms with Gasteiger partial charge in [-0.05, 0) is 18.6 Å². The molecular weight excluding hydrogens is 348 g/mol. The molecule has 2 aliphatic rings. The third-order valence-electron chi connectivity index (χ3n) is 4.98. The maximum atomic E-state index is 12.8. The van der Waals surface area contributed by atoms with Crippen molar-refractivity contribution in [1.29, 1.82) is 0 Å². The smallest absolute Gasteiger partial charge is 0.329 e. The summed E-state index contributed by atoms with van der Waals surface area (Å²) in [5.41, 5.74) is 1.71. The van der Waals surface area contributed by atoms with Crippen molar-refractivity contribution < 1.29 is 14.3 Å². The number of para-hydroxylation sites is 1. The van der Waals surface area contributed by atoms with Gasteiger partial charge in [0.05, 0.1) is 22.7 Å². The van der Waals surface area contributed by atoms with Crippen LogP contribution in [0.3, 0.4) is 0 Å². The van der Waals surface area contributed by atoms with Crippen LogP contribution in [0.4, 0.5) is 0 Å². The van der Waals surface area contributed by atoms with Gasteiger partial charge in [0.25, 0.3) is 0 Å². The summed E-state index contributed by atoms with van der Waals surface area (Å²) in [4.78, 5) is 36.5. The number of aryl methyl sites for hydroxylation is 1. The molecule has 3 heterocycles. The number of piperidine rings is 1. The van der Waals surface area contributed by atoms with Gasteiger partial charge < -0.3 is 10.1 Å². The van der Waals surface area contributed by atoms with Crippen LogP contribution in [0.15, 0.2) is 23.0 Å². The number of nitrogens with one attached hydrogen (secondary N) is 2. The van der Waals surface area contributed by atoms with Crippen LogP contribution in [-0.4, -0.2) is 46.7 Å². The fourth-order valence-corrected chi connectivity index (χ4v) is 3.44. The monoisotopic (exact) mass is 368 g/mol. The van der Waals surface area contributed by atoms with Gasteiger partial charge in [-0.2, -0.15) is 0 Å². The highest BCUT2D eigenvalue weighted by atomic mass is 16.5. The van der Waals surface area contributed by atoms with Crippen LogP contribution in [0.1, 0.15) is 24.4 Å². The molecule has 0 spiro atoms. The number of benzene rings is 1. The first-order chi connectivity index (χ1) is 13.1. The zero-order chi connectivity index (χ0) is 19.0. The number of ether oxygens (including phenoxy) is 1. The van der Waals surface area contributed by atoms with E-state index in [4.69, 9.17) is 4.74 Å². The summed E-state index contributed by atoms with van der Waals surface area (Å²) in [5.74, 6) is 5.31. The molecule has 140 valence electrons. The van der Waals surface area contributed by atoms with Crippen LogP contribution in [0.5, 0.6) is 0 Å². The van der Waals surface area contributed by atoms with E-state index in [1.807, 2.05) is 12.1 Å². The van der Waals surface area contributed by atoms with Crippen LogP contribution < -0.4 is 16.3 Å². The summed E-state index contributed by atoms with van der Waals surface area (Å²) >= 11 is 0. The molecular formula is C19H20N4O4. The Kier molecular flexibility index (Phi) is 4.56. The highest BCUT2D eigenvalue weighted by molar-refractivity contribution is 6.00. The van der Waals surface area contributed by atoms with Crippen molar-refractivity contribution in [2.24, 2.45) is 7.05 Å². The molecule has 8 nitrogen and oxygen atoms in total. The van der Waals surface area contributed by atoms with Gasteiger partial charge in [0.15, 0.2) is 0 Å². The third-order valence-corrected chi connectivity index (χ3v) is 4.98. The van der Waals surface area contributed by atoms with E-state index in [1.54, 1.807) is 13.1 Å². The molecule has 0 saturated carbocycles. The van der Waals surface area contributed by atoms with Crippen LogP contribution in [-0.2, 0) is 21.4 Å². The molecule has 4 rings (SSSR count). The topological polar surface area (TPSA) is 94.4 Å². The fraction of sp³-hybridized carbons (Fsp3) is 0.421. The van der Waals surface area contributed by atoms with Crippen LogP contribution in [0, 0.1) is 11.8 Å². The third kappa shape index (κ3) is 3.16. The van der Waals surface area contributed by atoms with E-state index in [-0.39, 0.29) is 24.1 Å². The molecule has 0 aliphatic carbocycles. The number of amides is 2. The number of imide groups is 1. The molecule has 8 heteroatoms. The van der Waals surface area contributed by atoms with Crippen molar-refractivity contribution in [3.63, 3.8) is 0 Å². The Labute approximate surface area is 155 Å². The Morgan fingerprint density at radius 1 is 1.26 bits per heavy atom. The average Bonchev–Trinajstić information content (AvgIpc) is 2.85. The number of carbonyl (C=O) groups excluding carboxylic acids is 2. The lowest BCUT2D eigenvalue weighted by molar-refractivity contribution is -0.135. The highest BCUT2D eigenvalue weighted by Crippen LogP contribution is 2.24. The zero-order valence-corrected chi connectivity index (χ0v) is 14.9. The quantitative estimate of drug-likeness (QED) is 0.571. The lowest BCUT2D eigenvalue weighted by Gasteiger charge is -2.25. The van der Waals surface area contributed by atoms with Crippen molar-refractivity contribution >= 4 is 22.8 Å². The predicted molar refractivity (Wildman–Crippen MR) is 98.1 cm³/mol. The molecule has 2 amide bonds. The summed E-state index contributed by atoms with van der Waals surface area (Å²) in [5, 5.41) is 5.44. The van der Waals surface area contributed by atoms with Crippen molar-refractivity contribution in [3.8, 4) is 11.8 Å². The first-order valence-electron chi connectivity index (χ1n) is 8.91. The summed E-state index contributed by atoms with van der Waals surface area (Å²) in [6.45, 7) is 2.02. The molecule has 2 fully saturated rings. The summed E-state index contributed by atoms with van der Waals surface area (Å²) < 4.78 is 8.55. The van der Waals surface area contributed by atoms with Gasteiger partial charge >= 0.3 is 5.69 Å². The number of imidazole rings is 1. The first kappa shape index (κ1) is 17.5. The summed E-state index contributed by atoms with van der Waals surface area (Å²) in [6.07, 6.45) is 0.739. The summed E-state index contributed by atoms with van der Waals surface area (Å²) in [6, 6.07) is 4.75. The van der Waals surface area contributed by atoms with Crippen molar-refractivity contribution in [2.75, 3.05) is 19.7 Å². The Morgan fingerprint density at radius 2 is 2.07 bits per heavy atom. The number of fused-ring (bicyclic) bond motifs is 1. The van der Waals surface area contributed by atoms with Crippen LogP contribution >= 0.6 is 0 Å². The number of carbonyl (C=O) groups is 2. The zero-order valence-electron chi connectivity index (χ0n) is 14.9. The van der Waals surface area contributed by atoms with Gasteiger partial charge in [-0.3, -0.25) is 24.0 Å². The van der Waals surface area contributed by atoms with Crippen LogP contribution in [0.25, 0.3) is 11.0 Å². The molecule has 1 aromatic carbocycles. The van der Waals surface area contributed by atoms with E-state index in [2.05, 4.69) is 22.5 Å². The Hall–Kier alpha value is -2.89. The minimum Gasteiger partial charge on any atom is -0.363 e. The molecule has 2 aromatic rings. The predicted octanol–water partition coefficient (Wildman–Crippen LogP) is -0.342. The van der Waals surface area contributed by atoms with Crippen molar-refractivity contribution in [1.82, 2.24) is 19.8 Å². The molecule has 1 aromatic heterocycles. The summed E-state index contributed by atoms with van der Waals surface area (Å²) in [7, 11) is 1.66. The van der Waals surface area contributed by atoms with Crippen molar-refractivity contribution in [2.45, 2.75) is 25.0 Å². The molecule has 0 bridgehead atoms. The molecule has 2 saturated heterocycles. The molecule has 0 radical (unpaired) electrons. The van der Waals surface area contributed by atoms with Crippen molar-refractivity contribution in [3.05, 3.63) is 34.2 Å². The minimum absolute atomic E-state index is 0.214. The van der Waals surface area contributed by atoms with E-state index in [0.717, 1.165) is 13.1 Å². The van der Waals surface area contributed by atoms with Crippen LogP contribution in [0.2, 0.25) is 0 Å². The van der Waals surface area contributed by atoms with Gasteiger partial charge in [0.2, 0.25) is 11.8 Å². The highest BCUT2D eigenvalue weighted by Gasteiger charge is 2.31. The SMILES string of the molecule is Cn1c(=O)n(C2CCC(=O)NC2=O)c2cccc(C#CCOC3CNC3)c21. The lowest BCUT2D eigenvalue weighted by Crippen LogP contribution is -2.48. The molecule has 1 atom stereocenters. The second kappa shape index (κ2) is 7.02. The van der Waals surface area contributed by atoms with Gasteiger partial charge in [-0.25, -0.2) is 4.79 Å². The maximum Gasteiger partial charge on any atom is 0.329 e. The fourth-order valence-electron chi connectivity index (χ4n) is 3.44. The van der Waals surface area contributed by atoms with Gasteiger partial charge in [0, 0.05) is 26.6 Å². The number of aromatic nitrogens is 2. The number of hydrogen-bond donors (Lipinski definition) is 2.